The van der Waals surface area contributed by atoms with Crippen molar-refractivity contribution in [3.05, 3.63) is 33.9 Å². The molecular weight excluding hydrogens is 274 g/mol. The monoisotopic (exact) mass is 289 g/mol. The Balaban J connectivity index is 1.92. The summed E-state index contributed by atoms with van der Waals surface area (Å²) in [5.74, 6) is -0.639. The molecule has 1 aromatic carbocycles. The highest BCUT2D eigenvalue weighted by molar-refractivity contribution is 5.66. The Hall–Kier alpha value is -2.17. The van der Waals surface area contributed by atoms with Gasteiger partial charge in [0, 0.05) is 19.0 Å². The zero-order chi connectivity index (χ0) is 14.9. The third-order valence-corrected chi connectivity index (χ3v) is 3.87. The fourth-order valence-corrected chi connectivity index (χ4v) is 2.93. The molecule has 1 spiro atoms. The number of hydrogen-bond donors (Lipinski definition) is 0. The van der Waals surface area contributed by atoms with Crippen molar-refractivity contribution in [2.45, 2.75) is 18.6 Å². The molecule has 0 saturated carbocycles. The van der Waals surface area contributed by atoms with Crippen molar-refractivity contribution in [1.29, 1.82) is 5.26 Å². The molecule has 2 saturated heterocycles. The SMILES string of the molecule is N#Cc1ccc(N2CCCC3(C2)OCCO3)c([N+](=O)[O-])c1. The highest BCUT2D eigenvalue weighted by atomic mass is 16.7. The molecule has 0 aliphatic carbocycles. The predicted molar refractivity (Wildman–Crippen MR) is 73.9 cm³/mol. The largest absolute Gasteiger partial charge is 0.361 e. The summed E-state index contributed by atoms with van der Waals surface area (Å²) in [7, 11) is 0. The molecule has 2 fully saturated rings. The number of ether oxygens (including phenoxy) is 2. The van der Waals surface area contributed by atoms with Crippen molar-refractivity contribution >= 4 is 11.4 Å². The van der Waals surface area contributed by atoms with Crippen LogP contribution in [0, 0.1) is 21.4 Å². The number of rotatable bonds is 2. The van der Waals surface area contributed by atoms with Gasteiger partial charge in [-0.15, -0.1) is 0 Å². The summed E-state index contributed by atoms with van der Waals surface area (Å²) in [5, 5.41) is 20.1. The highest BCUT2D eigenvalue weighted by Gasteiger charge is 2.41. The van der Waals surface area contributed by atoms with E-state index < -0.39 is 10.7 Å². The first-order chi connectivity index (χ1) is 10.1. The smallest absolute Gasteiger partial charge is 0.293 e. The van der Waals surface area contributed by atoms with Crippen molar-refractivity contribution in [3.8, 4) is 6.07 Å². The third kappa shape index (κ3) is 2.55. The van der Waals surface area contributed by atoms with Crippen LogP contribution in [0.15, 0.2) is 18.2 Å². The average molecular weight is 289 g/mol. The lowest BCUT2D eigenvalue weighted by atomic mass is 10.0. The van der Waals surface area contributed by atoms with Gasteiger partial charge in [0.1, 0.15) is 5.69 Å². The van der Waals surface area contributed by atoms with Crippen molar-refractivity contribution in [2.75, 3.05) is 31.2 Å². The van der Waals surface area contributed by atoms with Gasteiger partial charge in [0.15, 0.2) is 5.79 Å². The number of nitro groups is 1. The number of nitro benzene ring substituents is 1. The van der Waals surface area contributed by atoms with Crippen LogP contribution in [0.5, 0.6) is 0 Å². The Bertz CT molecular complexity index is 605. The fourth-order valence-electron chi connectivity index (χ4n) is 2.93. The molecular formula is C14H15N3O4. The van der Waals surface area contributed by atoms with Crippen LogP contribution >= 0.6 is 0 Å². The third-order valence-electron chi connectivity index (χ3n) is 3.87. The molecule has 2 aliphatic rings. The molecule has 0 amide bonds. The second kappa shape index (κ2) is 5.31. The lowest BCUT2D eigenvalue weighted by molar-refractivity contribution is -0.384. The summed E-state index contributed by atoms with van der Waals surface area (Å²) in [5.41, 5.74) is 0.742. The number of hydrogen-bond acceptors (Lipinski definition) is 6. The maximum Gasteiger partial charge on any atom is 0.293 e. The second-order valence-corrected chi connectivity index (χ2v) is 5.21. The molecule has 0 aromatic heterocycles. The molecule has 1 aromatic rings. The Morgan fingerprint density at radius 1 is 1.38 bits per heavy atom. The van der Waals surface area contributed by atoms with Gasteiger partial charge in [-0.3, -0.25) is 10.1 Å². The summed E-state index contributed by atoms with van der Waals surface area (Å²) in [6.07, 6.45) is 1.64. The number of anilines is 1. The number of nitrogens with zero attached hydrogens (tertiary/aromatic N) is 3. The Morgan fingerprint density at radius 2 is 2.14 bits per heavy atom. The maximum absolute atomic E-state index is 11.3. The van der Waals surface area contributed by atoms with Crippen LogP contribution in [0.3, 0.4) is 0 Å². The van der Waals surface area contributed by atoms with Crippen LogP contribution in [0.25, 0.3) is 0 Å². The summed E-state index contributed by atoms with van der Waals surface area (Å²) < 4.78 is 11.4. The normalized spacial score (nSPS) is 20.4. The van der Waals surface area contributed by atoms with Gasteiger partial charge in [-0.25, -0.2) is 0 Å². The van der Waals surface area contributed by atoms with Crippen LogP contribution < -0.4 is 4.90 Å². The van der Waals surface area contributed by atoms with Crippen molar-refractivity contribution in [2.24, 2.45) is 0 Å². The molecule has 0 N–H and O–H groups in total. The Labute approximate surface area is 121 Å². The molecule has 3 rings (SSSR count). The first kappa shape index (κ1) is 13.8. The topological polar surface area (TPSA) is 88.6 Å². The molecule has 2 aliphatic heterocycles. The first-order valence-electron chi connectivity index (χ1n) is 6.85. The van der Waals surface area contributed by atoms with Crippen molar-refractivity contribution in [3.63, 3.8) is 0 Å². The van der Waals surface area contributed by atoms with Crippen LogP contribution in [0.2, 0.25) is 0 Å². The summed E-state index contributed by atoms with van der Waals surface area (Å²) >= 11 is 0. The van der Waals surface area contributed by atoms with Gasteiger partial charge in [-0.2, -0.15) is 5.26 Å². The Morgan fingerprint density at radius 3 is 2.81 bits per heavy atom. The van der Waals surface area contributed by atoms with Gasteiger partial charge in [0.25, 0.3) is 5.69 Å². The molecule has 0 unspecified atom stereocenters. The molecule has 110 valence electrons. The van der Waals surface area contributed by atoms with E-state index in [1.807, 2.05) is 11.0 Å². The van der Waals surface area contributed by atoms with E-state index >= 15 is 0 Å². The predicted octanol–water partition coefficient (Wildman–Crippen LogP) is 1.81. The Kier molecular flexibility index (Phi) is 3.49. The van der Waals surface area contributed by atoms with E-state index in [0.29, 0.717) is 32.0 Å². The summed E-state index contributed by atoms with van der Waals surface area (Å²) in [6.45, 7) is 2.30. The zero-order valence-corrected chi connectivity index (χ0v) is 11.4. The van der Waals surface area contributed by atoms with E-state index in [2.05, 4.69) is 0 Å². The lowest BCUT2D eigenvalue weighted by Gasteiger charge is -2.39. The molecule has 0 atom stereocenters. The molecule has 21 heavy (non-hydrogen) atoms. The summed E-state index contributed by atoms with van der Waals surface area (Å²) in [6, 6.07) is 6.47. The standard InChI is InChI=1S/C14H15N3O4/c15-9-11-2-3-12(13(8-11)17(18)19)16-5-1-4-14(10-16)20-6-7-21-14/h2-3,8H,1,4-7,10H2. The van der Waals surface area contributed by atoms with Gasteiger partial charge in [-0.1, -0.05) is 0 Å². The molecule has 7 heteroatoms. The molecule has 0 bridgehead atoms. The van der Waals surface area contributed by atoms with Gasteiger partial charge >= 0.3 is 0 Å². The van der Waals surface area contributed by atoms with Crippen LogP contribution in [-0.2, 0) is 9.47 Å². The van der Waals surface area contributed by atoms with Crippen LogP contribution in [0.1, 0.15) is 18.4 Å². The highest BCUT2D eigenvalue weighted by Crippen LogP contribution is 2.36. The molecule has 7 nitrogen and oxygen atoms in total. The fraction of sp³-hybridized carbons (Fsp3) is 0.500. The minimum atomic E-state index is -0.639. The van der Waals surface area contributed by atoms with Crippen molar-refractivity contribution in [1.82, 2.24) is 0 Å². The van der Waals surface area contributed by atoms with Gasteiger partial charge in [0.05, 0.1) is 36.3 Å². The van der Waals surface area contributed by atoms with E-state index in [4.69, 9.17) is 14.7 Å². The average Bonchev–Trinajstić information content (AvgIpc) is 2.94. The number of piperidine rings is 1. The van der Waals surface area contributed by atoms with E-state index in [1.165, 1.54) is 6.07 Å². The van der Waals surface area contributed by atoms with Crippen LogP contribution in [-0.4, -0.2) is 37.0 Å². The second-order valence-electron chi connectivity index (χ2n) is 5.21. The van der Waals surface area contributed by atoms with E-state index in [-0.39, 0.29) is 11.3 Å². The minimum Gasteiger partial charge on any atom is -0.361 e. The van der Waals surface area contributed by atoms with E-state index in [9.17, 15) is 10.1 Å². The lowest BCUT2D eigenvalue weighted by Crippen LogP contribution is -2.49. The minimum absolute atomic E-state index is 0.0518. The van der Waals surface area contributed by atoms with Gasteiger partial charge in [0.2, 0.25) is 0 Å². The van der Waals surface area contributed by atoms with Crippen LogP contribution in [0.4, 0.5) is 11.4 Å². The number of benzene rings is 1. The van der Waals surface area contributed by atoms with Gasteiger partial charge in [-0.05, 0) is 18.6 Å². The van der Waals surface area contributed by atoms with Gasteiger partial charge < -0.3 is 14.4 Å². The first-order valence-corrected chi connectivity index (χ1v) is 6.85. The molecule has 0 radical (unpaired) electrons. The van der Waals surface area contributed by atoms with Crippen molar-refractivity contribution < 1.29 is 14.4 Å². The zero-order valence-electron chi connectivity index (χ0n) is 11.4. The summed E-state index contributed by atoms with van der Waals surface area (Å²) in [4.78, 5) is 12.7. The number of nitriles is 1. The quantitative estimate of drug-likeness (QED) is 0.609. The molecule has 2 heterocycles. The maximum atomic E-state index is 11.3. The van der Waals surface area contributed by atoms with E-state index in [1.54, 1.807) is 12.1 Å². The van der Waals surface area contributed by atoms with E-state index in [0.717, 1.165) is 12.8 Å².